The number of carbonyl (C=O) groups excluding carboxylic acids is 2. The zero-order valence-electron chi connectivity index (χ0n) is 10.2. The molecule has 0 atom stereocenters. The summed E-state index contributed by atoms with van der Waals surface area (Å²) in [4.78, 5) is 24.1. The lowest BCUT2D eigenvalue weighted by Gasteiger charge is -2.25. The topological polar surface area (TPSA) is 83.6 Å². The van der Waals surface area contributed by atoms with Gasteiger partial charge >= 0.3 is 0 Å². The maximum absolute atomic E-state index is 13.1. The number of phenols is 1. The van der Waals surface area contributed by atoms with Crippen molar-refractivity contribution in [3.8, 4) is 5.75 Å². The lowest BCUT2D eigenvalue weighted by atomic mass is 10.1. The fourth-order valence-corrected chi connectivity index (χ4v) is 1.49. The van der Waals surface area contributed by atoms with Crippen molar-refractivity contribution in [3.63, 3.8) is 0 Å². The minimum Gasteiger partial charge on any atom is -0.507 e. The quantitative estimate of drug-likeness (QED) is 0.836. The van der Waals surface area contributed by atoms with Crippen LogP contribution in [0, 0.1) is 5.82 Å². The Morgan fingerprint density at radius 3 is 2.56 bits per heavy atom. The van der Waals surface area contributed by atoms with Gasteiger partial charge < -0.3 is 15.7 Å². The molecule has 0 unspecified atom stereocenters. The normalized spacial score (nSPS) is 10.4. The third kappa shape index (κ3) is 3.19. The molecule has 0 aliphatic rings. The van der Waals surface area contributed by atoms with Crippen LogP contribution in [0.1, 0.15) is 24.2 Å². The van der Waals surface area contributed by atoms with E-state index in [9.17, 15) is 19.1 Å². The molecule has 1 aromatic rings. The summed E-state index contributed by atoms with van der Waals surface area (Å²) in [5.41, 5.74) is 4.86. The van der Waals surface area contributed by atoms with E-state index in [0.717, 1.165) is 23.1 Å². The summed E-state index contributed by atoms with van der Waals surface area (Å²) < 4.78 is 13.1. The molecule has 0 saturated heterocycles. The molecule has 6 heteroatoms. The highest BCUT2D eigenvalue weighted by atomic mass is 19.1. The summed E-state index contributed by atoms with van der Waals surface area (Å²) >= 11 is 0. The van der Waals surface area contributed by atoms with E-state index >= 15 is 0 Å². The largest absolute Gasteiger partial charge is 0.507 e. The first-order chi connectivity index (χ1) is 8.32. The zero-order valence-corrected chi connectivity index (χ0v) is 10.2. The van der Waals surface area contributed by atoms with Crippen LogP contribution in [0.3, 0.4) is 0 Å². The molecular formula is C12H15FN2O3. The zero-order chi connectivity index (χ0) is 13.9. The molecule has 0 aromatic heterocycles. The molecule has 0 radical (unpaired) electrons. The number of amides is 2. The number of hydrogen-bond donors (Lipinski definition) is 2. The van der Waals surface area contributed by atoms with Gasteiger partial charge in [-0.05, 0) is 32.0 Å². The Bertz CT molecular complexity index is 474. The van der Waals surface area contributed by atoms with E-state index in [1.54, 1.807) is 13.8 Å². The van der Waals surface area contributed by atoms with E-state index in [1.807, 2.05) is 0 Å². The molecule has 0 bridgehead atoms. The van der Waals surface area contributed by atoms with Crippen LogP contribution >= 0.6 is 0 Å². The Morgan fingerprint density at radius 2 is 2.06 bits per heavy atom. The first kappa shape index (κ1) is 14.0. The molecule has 0 heterocycles. The smallest absolute Gasteiger partial charge is 0.258 e. The van der Waals surface area contributed by atoms with Crippen LogP contribution in [0.4, 0.5) is 4.39 Å². The Morgan fingerprint density at radius 1 is 1.44 bits per heavy atom. The van der Waals surface area contributed by atoms with E-state index in [4.69, 9.17) is 5.73 Å². The van der Waals surface area contributed by atoms with Crippen molar-refractivity contribution < 1.29 is 19.1 Å². The van der Waals surface area contributed by atoms with E-state index in [2.05, 4.69) is 0 Å². The number of nitrogens with two attached hydrogens (primary N) is 1. The molecule has 5 nitrogen and oxygen atoms in total. The van der Waals surface area contributed by atoms with Gasteiger partial charge in [0.05, 0.1) is 12.1 Å². The molecule has 0 fully saturated rings. The molecule has 0 saturated carbocycles. The number of phenolic OH excluding ortho intramolecular Hbond substituents is 1. The van der Waals surface area contributed by atoms with Gasteiger partial charge in [0.1, 0.15) is 11.6 Å². The van der Waals surface area contributed by atoms with Crippen molar-refractivity contribution in [1.82, 2.24) is 4.90 Å². The predicted octanol–water partition coefficient (Wildman–Crippen LogP) is 0.867. The molecule has 0 spiro atoms. The second-order valence-corrected chi connectivity index (χ2v) is 4.15. The Kier molecular flexibility index (Phi) is 4.25. The average Bonchev–Trinajstić information content (AvgIpc) is 2.27. The van der Waals surface area contributed by atoms with Crippen LogP contribution in [-0.2, 0) is 4.79 Å². The fourth-order valence-electron chi connectivity index (χ4n) is 1.49. The van der Waals surface area contributed by atoms with Crippen LogP contribution in [0.2, 0.25) is 0 Å². The molecule has 18 heavy (non-hydrogen) atoms. The number of carbonyl (C=O) groups is 2. The maximum atomic E-state index is 13.1. The number of hydrogen-bond acceptors (Lipinski definition) is 3. The van der Waals surface area contributed by atoms with E-state index in [-0.39, 0.29) is 23.9 Å². The molecule has 1 rings (SSSR count). The van der Waals surface area contributed by atoms with Crippen molar-refractivity contribution >= 4 is 11.8 Å². The summed E-state index contributed by atoms with van der Waals surface area (Å²) in [6.07, 6.45) is 0. The lowest BCUT2D eigenvalue weighted by Crippen LogP contribution is -2.42. The number of rotatable bonds is 4. The highest BCUT2D eigenvalue weighted by Gasteiger charge is 2.23. The lowest BCUT2D eigenvalue weighted by molar-refractivity contribution is -0.119. The van der Waals surface area contributed by atoms with Crippen LogP contribution < -0.4 is 5.73 Å². The van der Waals surface area contributed by atoms with E-state index in [0.29, 0.717) is 0 Å². The van der Waals surface area contributed by atoms with Gasteiger partial charge in [-0.15, -0.1) is 0 Å². The highest BCUT2D eigenvalue weighted by molar-refractivity contribution is 5.98. The Labute approximate surface area is 104 Å². The monoisotopic (exact) mass is 254 g/mol. The van der Waals surface area contributed by atoms with Crippen molar-refractivity contribution in [2.45, 2.75) is 19.9 Å². The van der Waals surface area contributed by atoms with Crippen LogP contribution in [-0.4, -0.2) is 34.4 Å². The van der Waals surface area contributed by atoms with Crippen molar-refractivity contribution in [2.24, 2.45) is 5.73 Å². The molecule has 0 aliphatic heterocycles. The van der Waals surface area contributed by atoms with Gasteiger partial charge in [0, 0.05) is 6.04 Å². The fraction of sp³-hybridized carbons (Fsp3) is 0.333. The molecule has 1 aromatic carbocycles. The number of primary amides is 1. The van der Waals surface area contributed by atoms with Gasteiger partial charge in [0.15, 0.2) is 0 Å². The third-order valence-electron chi connectivity index (χ3n) is 2.40. The Balaban J connectivity index is 3.09. The summed E-state index contributed by atoms with van der Waals surface area (Å²) in [5.74, 6) is -2.29. The van der Waals surface area contributed by atoms with Crippen molar-refractivity contribution in [2.75, 3.05) is 6.54 Å². The van der Waals surface area contributed by atoms with Crippen LogP contribution in [0.15, 0.2) is 18.2 Å². The molecule has 3 N–H and O–H groups in total. The molecule has 0 aliphatic carbocycles. The minimum atomic E-state index is -0.673. The number of nitrogens with zero attached hydrogens (tertiary/aromatic N) is 1. The molecule has 2 amide bonds. The molecular weight excluding hydrogens is 239 g/mol. The summed E-state index contributed by atoms with van der Waals surface area (Å²) in [7, 11) is 0. The van der Waals surface area contributed by atoms with Gasteiger partial charge in [-0.25, -0.2) is 4.39 Å². The van der Waals surface area contributed by atoms with E-state index in [1.165, 1.54) is 0 Å². The SMILES string of the molecule is CC(C)N(CC(N)=O)C(=O)c1cc(F)ccc1O. The van der Waals surface area contributed by atoms with Gasteiger partial charge in [0.25, 0.3) is 5.91 Å². The minimum absolute atomic E-state index is 0.190. The standard InChI is InChI=1S/C12H15FN2O3/c1-7(2)15(6-11(14)17)12(18)9-5-8(13)3-4-10(9)16/h3-5,7,16H,6H2,1-2H3,(H2,14,17). The van der Waals surface area contributed by atoms with Gasteiger partial charge in [-0.1, -0.05) is 0 Å². The van der Waals surface area contributed by atoms with Crippen molar-refractivity contribution in [1.29, 1.82) is 0 Å². The average molecular weight is 254 g/mol. The van der Waals surface area contributed by atoms with Gasteiger partial charge in [0.2, 0.25) is 5.91 Å². The second kappa shape index (κ2) is 5.48. The number of halogens is 1. The number of aromatic hydroxyl groups is 1. The first-order valence-electron chi connectivity index (χ1n) is 5.40. The van der Waals surface area contributed by atoms with Gasteiger partial charge in [-0.3, -0.25) is 9.59 Å². The Hall–Kier alpha value is -2.11. The second-order valence-electron chi connectivity index (χ2n) is 4.15. The van der Waals surface area contributed by atoms with Crippen LogP contribution in [0.25, 0.3) is 0 Å². The van der Waals surface area contributed by atoms with Crippen molar-refractivity contribution in [3.05, 3.63) is 29.6 Å². The van der Waals surface area contributed by atoms with E-state index < -0.39 is 17.6 Å². The first-order valence-corrected chi connectivity index (χ1v) is 5.40. The highest BCUT2D eigenvalue weighted by Crippen LogP contribution is 2.20. The summed E-state index contributed by atoms with van der Waals surface area (Å²) in [6.45, 7) is 3.10. The third-order valence-corrected chi connectivity index (χ3v) is 2.40. The summed E-state index contributed by atoms with van der Waals surface area (Å²) in [5, 5.41) is 9.54. The molecule has 98 valence electrons. The maximum Gasteiger partial charge on any atom is 0.258 e. The predicted molar refractivity (Wildman–Crippen MR) is 63.4 cm³/mol. The van der Waals surface area contributed by atoms with Crippen LogP contribution in [0.5, 0.6) is 5.75 Å². The number of benzene rings is 1. The summed E-state index contributed by atoms with van der Waals surface area (Å²) in [6, 6.07) is 2.76. The van der Waals surface area contributed by atoms with Gasteiger partial charge in [-0.2, -0.15) is 0 Å².